The third-order valence-electron chi connectivity index (χ3n) is 25.1. The molecule has 26 nitrogen and oxygen atoms in total. The summed E-state index contributed by atoms with van der Waals surface area (Å²) in [6.07, 6.45) is 5.46. The van der Waals surface area contributed by atoms with Crippen molar-refractivity contribution in [3.05, 3.63) is 12.2 Å². The predicted molar refractivity (Wildman–Crippen MR) is 398 cm³/mol. The standard InChI is InChI=1S/C79H127F3N12O14/c1-16-24-57-68(98)84-66(49(5)17-2)74(104)93(53-34-35-53)45-65(97)89(12)58-27-20-19-23-38-92(73(58)103)61(39-50-30-28-48(4)29-31-50)72(102)87(10)44-63(95)83-56(37-33-51-32-36-55(79(80,81)82)62(40-51)107-15)70(100)94-43-54(108-18-3)41-59(94)69(99)85-78(46-77(6,7)47-78)76(106)91(14)67(52-25-21-22-26-52)75(105)90(13)60(71(101)86(8)9)42-64(96)88(57)11/h19-20,48-62,66-67H,16-18,21-47H2,1-15H3,(H,83,95)(H,84,98)(H,85,99)/b20-19-/t48?,49-,50?,51?,54+,55?,56-,57-,58-,59-,60-,61-,62?,66-,67-/m0/s1. The van der Waals surface area contributed by atoms with Crippen LogP contribution >= 0.6 is 0 Å². The highest BCUT2D eigenvalue weighted by Crippen LogP contribution is 2.50. The lowest BCUT2D eigenvalue weighted by molar-refractivity contribution is -0.215. The lowest BCUT2D eigenvalue weighted by Gasteiger charge is -2.54. The lowest BCUT2D eigenvalue weighted by Crippen LogP contribution is -2.71. The number of amides is 12. The number of halogens is 3. The van der Waals surface area contributed by atoms with Gasteiger partial charge in [0.1, 0.15) is 60.4 Å². The largest absolute Gasteiger partial charge is 0.394 e. The van der Waals surface area contributed by atoms with Gasteiger partial charge in [0.2, 0.25) is 70.9 Å². The fourth-order valence-electron chi connectivity index (χ4n) is 18.5. The van der Waals surface area contributed by atoms with Crippen LogP contribution in [0.15, 0.2) is 12.2 Å². The number of rotatable bonds is 15. The minimum absolute atomic E-state index is 0.00195. The zero-order valence-electron chi connectivity index (χ0n) is 67.1. The Morgan fingerprint density at radius 2 is 1.33 bits per heavy atom. The molecule has 608 valence electrons. The van der Waals surface area contributed by atoms with Crippen LogP contribution in [0.25, 0.3) is 0 Å². The zero-order valence-corrected chi connectivity index (χ0v) is 67.1. The van der Waals surface area contributed by atoms with Crippen LogP contribution in [0.4, 0.5) is 13.2 Å². The Labute approximate surface area is 638 Å². The molecule has 3 heterocycles. The summed E-state index contributed by atoms with van der Waals surface area (Å²) in [6, 6.07) is -10.4. The van der Waals surface area contributed by atoms with Gasteiger partial charge in [0.25, 0.3) is 0 Å². The topological polar surface area (TPSA) is 289 Å². The average Bonchev–Trinajstić information content (AvgIpc) is 0.968. The molecule has 2 saturated heterocycles. The van der Waals surface area contributed by atoms with E-state index in [9.17, 15) is 32.3 Å². The fourth-order valence-corrected chi connectivity index (χ4v) is 18.5. The first-order chi connectivity index (χ1) is 50.9. The molecule has 8 aliphatic rings. The van der Waals surface area contributed by atoms with Crippen LogP contribution in [0.1, 0.15) is 209 Å². The van der Waals surface area contributed by atoms with Gasteiger partial charge < -0.3 is 69.5 Å². The van der Waals surface area contributed by atoms with Crippen LogP contribution in [0.2, 0.25) is 0 Å². The number of alkyl halides is 3. The maximum Gasteiger partial charge on any atom is 0.394 e. The van der Waals surface area contributed by atoms with Crippen molar-refractivity contribution < 1.29 is 80.2 Å². The molecule has 13 atom stereocenters. The molecular weight excluding hydrogens is 1400 g/mol. The van der Waals surface area contributed by atoms with Gasteiger partial charge in [-0.05, 0) is 138 Å². The third-order valence-corrected chi connectivity index (χ3v) is 25.1. The molecule has 0 aromatic rings. The molecule has 0 aromatic heterocycles. The van der Waals surface area contributed by atoms with Crippen molar-refractivity contribution in [1.29, 1.82) is 0 Å². The number of hydrogen-bond acceptors (Lipinski definition) is 14. The highest BCUT2D eigenvalue weighted by Gasteiger charge is 2.60. The van der Waals surface area contributed by atoms with Gasteiger partial charge in [-0.2, -0.15) is 13.2 Å². The number of carbonyl (C=O) groups is 12. The van der Waals surface area contributed by atoms with Crippen LogP contribution in [-0.2, 0) is 67.0 Å². The molecule has 12 amide bonds. The van der Waals surface area contributed by atoms with Crippen molar-refractivity contribution in [3.8, 4) is 0 Å². The Hall–Kier alpha value is -6.91. The molecule has 3 N–H and O–H groups in total. The normalized spacial score (nSPS) is 32.3. The van der Waals surface area contributed by atoms with Crippen molar-refractivity contribution >= 4 is 70.9 Å². The van der Waals surface area contributed by atoms with Gasteiger partial charge in [-0.3, -0.25) is 57.5 Å². The molecule has 5 saturated carbocycles. The first kappa shape index (κ1) is 86.7. The van der Waals surface area contributed by atoms with Crippen LogP contribution in [0, 0.1) is 40.9 Å². The minimum Gasteiger partial charge on any atom is -0.381 e. The van der Waals surface area contributed by atoms with E-state index in [-0.39, 0.29) is 108 Å². The van der Waals surface area contributed by atoms with Crippen LogP contribution in [0.5, 0.6) is 0 Å². The predicted octanol–water partition coefficient (Wildman–Crippen LogP) is 6.46. The van der Waals surface area contributed by atoms with Crippen LogP contribution in [-0.4, -0.2) is 283 Å². The summed E-state index contributed by atoms with van der Waals surface area (Å²) in [6.45, 7) is 12.4. The van der Waals surface area contributed by atoms with Gasteiger partial charge in [0, 0.05) is 88.6 Å². The summed E-state index contributed by atoms with van der Waals surface area (Å²) < 4.78 is 54.7. The zero-order chi connectivity index (χ0) is 79.6. The molecule has 5 aliphatic carbocycles. The summed E-state index contributed by atoms with van der Waals surface area (Å²) >= 11 is 0. The highest BCUT2D eigenvalue weighted by atomic mass is 19.4. The number of fused-ring (bicyclic) bond motifs is 3. The number of methoxy groups -OCH3 is 1. The average molecular weight is 1530 g/mol. The Morgan fingerprint density at radius 1 is 0.676 bits per heavy atom. The maximum atomic E-state index is 15.8. The Kier molecular flexibility index (Phi) is 30.0. The first-order valence-corrected chi connectivity index (χ1v) is 40.1. The van der Waals surface area contributed by atoms with E-state index < -0.39 is 186 Å². The number of nitrogens with one attached hydrogen (secondary N) is 3. The molecule has 2 bridgehead atoms. The molecule has 7 fully saturated rings. The third kappa shape index (κ3) is 20.8. The molecule has 3 aliphatic heterocycles. The molecule has 29 heteroatoms. The van der Waals surface area contributed by atoms with E-state index >= 15 is 38.4 Å². The number of hydrogen-bond donors (Lipinski definition) is 3. The second-order valence-corrected chi connectivity index (χ2v) is 34.0. The van der Waals surface area contributed by atoms with Gasteiger partial charge in [0.15, 0.2) is 0 Å². The van der Waals surface area contributed by atoms with E-state index in [4.69, 9.17) is 9.47 Å². The van der Waals surface area contributed by atoms with Crippen molar-refractivity contribution in [3.63, 3.8) is 0 Å². The number of ether oxygens (including phenoxy) is 2. The first-order valence-electron chi connectivity index (χ1n) is 40.1. The van der Waals surface area contributed by atoms with Crippen LogP contribution in [0.3, 0.4) is 0 Å². The highest BCUT2D eigenvalue weighted by molar-refractivity contribution is 6.01. The minimum atomic E-state index is -4.52. The summed E-state index contributed by atoms with van der Waals surface area (Å²) in [5.41, 5.74) is -2.17. The van der Waals surface area contributed by atoms with Crippen molar-refractivity contribution in [2.24, 2.45) is 40.9 Å². The van der Waals surface area contributed by atoms with Crippen molar-refractivity contribution in [1.82, 2.24) is 60.0 Å². The SMILES string of the molecule is CCC[C@H]1C(=O)N[C@@H]([C@@H](C)CC)C(=O)N(C2CC2)CC(=O)N(C)[C@H]2C/C=C\CCN(C2=O)[C@@H](CC2CCC(C)CC2)C(=O)N(C)CC(=O)N[C@@H](CCC2CCC(C(F)(F)F)C(OC)C2)C(=O)N2C[C@H](OCC)C[C@H]2C(=O)NC2(CC(C)(C)C2)C(=O)N(C)[C@@H](C2CCCC2)C(=O)N(C)[C@H](C(=O)N(C)C)CC(=O)N1C. The van der Waals surface area contributed by atoms with Crippen molar-refractivity contribution in [2.45, 2.75) is 287 Å². The smallest absolute Gasteiger partial charge is 0.381 e. The Balaban J connectivity index is 1.21. The van der Waals surface area contributed by atoms with E-state index in [1.807, 2.05) is 46.8 Å². The number of carbonyl (C=O) groups excluding carboxylic acids is 12. The van der Waals surface area contributed by atoms with Crippen molar-refractivity contribution in [2.75, 3.05) is 89.2 Å². The molecule has 8 rings (SSSR count). The summed E-state index contributed by atoms with van der Waals surface area (Å²) in [5, 5.41) is 8.99. The van der Waals surface area contributed by atoms with E-state index in [1.54, 1.807) is 6.92 Å². The summed E-state index contributed by atoms with van der Waals surface area (Å²) in [4.78, 5) is 196. The monoisotopic (exact) mass is 1520 g/mol. The van der Waals surface area contributed by atoms with Gasteiger partial charge in [-0.25, -0.2) is 0 Å². The molecule has 108 heavy (non-hydrogen) atoms. The van der Waals surface area contributed by atoms with Gasteiger partial charge in [-0.15, -0.1) is 0 Å². The maximum absolute atomic E-state index is 15.8. The lowest BCUT2D eigenvalue weighted by atomic mass is 9.58. The van der Waals surface area contributed by atoms with E-state index in [2.05, 4.69) is 22.9 Å². The van der Waals surface area contributed by atoms with Crippen LogP contribution < -0.4 is 16.0 Å². The van der Waals surface area contributed by atoms with E-state index in [0.29, 0.717) is 50.9 Å². The Morgan fingerprint density at radius 3 is 1.93 bits per heavy atom. The van der Waals surface area contributed by atoms with Gasteiger partial charge in [-0.1, -0.05) is 105 Å². The van der Waals surface area contributed by atoms with E-state index in [0.717, 1.165) is 38.5 Å². The quantitative estimate of drug-likeness (QED) is 0.148. The van der Waals surface area contributed by atoms with Gasteiger partial charge in [0.05, 0.1) is 31.1 Å². The molecule has 1 spiro atoms. The second kappa shape index (κ2) is 37.4. The van der Waals surface area contributed by atoms with E-state index in [1.165, 1.54) is 101 Å². The molecule has 3 unspecified atom stereocenters. The second-order valence-electron chi connectivity index (χ2n) is 34.0. The molecule has 0 radical (unpaired) electrons. The molecule has 0 aromatic carbocycles. The Bertz CT molecular complexity index is 3240. The fraction of sp³-hybridized carbons (Fsp3) is 0.823. The van der Waals surface area contributed by atoms with Gasteiger partial charge >= 0.3 is 6.18 Å². The number of nitrogens with zero attached hydrogens (tertiary/aromatic N) is 9. The number of likely N-dealkylation sites (N-methyl/N-ethyl adjacent to an activating group) is 6. The summed E-state index contributed by atoms with van der Waals surface area (Å²) in [7, 11) is 11.5. The summed E-state index contributed by atoms with van der Waals surface area (Å²) in [5.74, 6) is -10.1. The molecular formula is C79H127F3N12O14.